The zero-order chi connectivity index (χ0) is 27.9. The SMILES string of the molecule is C.Nc1ccccc1.[2H]c1c([2H])c([2H])c(Br)c([2H])c1[2H].[2H]c1c([2H])c([2H])c(Nc2ccccc2)c([2H])c1[2H]. The van der Waals surface area contributed by atoms with Crippen molar-refractivity contribution >= 4 is 33.0 Å². The van der Waals surface area contributed by atoms with Gasteiger partial charge in [-0.05, 0) is 48.4 Å². The smallest absolute Gasteiger partial charge is 0.0645 e. The molecule has 0 heterocycles. The summed E-state index contributed by atoms with van der Waals surface area (Å²) in [5, 5.41) is 2.85. The van der Waals surface area contributed by atoms with E-state index in [1.54, 1.807) is 24.3 Å². The predicted molar refractivity (Wildman–Crippen MR) is 128 cm³/mol. The minimum Gasteiger partial charge on any atom is -0.399 e. The van der Waals surface area contributed by atoms with Gasteiger partial charge in [-0.25, -0.2) is 0 Å². The van der Waals surface area contributed by atoms with Gasteiger partial charge in [0.15, 0.2) is 0 Å². The number of hydrogen-bond donors (Lipinski definition) is 2. The van der Waals surface area contributed by atoms with E-state index < -0.39 is 0 Å². The minimum atomic E-state index is -0.386. The number of anilines is 3. The van der Waals surface area contributed by atoms with Crippen molar-refractivity contribution in [3.8, 4) is 0 Å². The van der Waals surface area contributed by atoms with E-state index in [1.165, 1.54) is 0 Å². The number of rotatable bonds is 2. The molecule has 28 heavy (non-hydrogen) atoms. The Hall–Kier alpha value is -3.04. The van der Waals surface area contributed by atoms with Crippen molar-refractivity contribution in [1.29, 1.82) is 0 Å². The lowest BCUT2D eigenvalue weighted by Gasteiger charge is -2.04. The quantitative estimate of drug-likeness (QED) is 0.309. The normalized spacial score (nSPS) is 13.8. The third-order valence-corrected chi connectivity index (χ3v) is 3.21. The summed E-state index contributed by atoms with van der Waals surface area (Å²) in [6, 6.07) is 15.5. The molecule has 3 heteroatoms. The molecular weight excluding hydrogens is 408 g/mol. The maximum atomic E-state index is 7.75. The Morgan fingerprint density at radius 2 is 1.11 bits per heavy atom. The van der Waals surface area contributed by atoms with Gasteiger partial charge < -0.3 is 11.1 Å². The van der Waals surface area contributed by atoms with E-state index in [0.29, 0.717) is 5.69 Å². The number of nitrogens with two attached hydrogens (primary N) is 1. The second kappa shape index (κ2) is 14.1. The first-order valence-electron chi connectivity index (χ1n) is 12.8. The lowest BCUT2D eigenvalue weighted by Crippen LogP contribution is -1.87. The van der Waals surface area contributed by atoms with E-state index in [2.05, 4.69) is 21.2 Å². The molecule has 4 rings (SSSR count). The number of para-hydroxylation sites is 3. The molecule has 144 valence electrons. The number of nitrogen functional groups attached to an aromatic ring is 1. The van der Waals surface area contributed by atoms with Crippen LogP contribution in [0.1, 0.15) is 21.1 Å². The average molecular weight is 445 g/mol. The lowest BCUT2D eigenvalue weighted by molar-refractivity contribution is 1.55. The van der Waals surface area contributed by atoms with Gasteiger partial charge in [-0.15, -0.1) is 0 Å². The second-order valence-corrected chi connectivity index (χ2v) is 5.63. The molecule has 0 bridgehead atoms. The Labute approximate surface area is 191 Å². The molecule has 0 saturated carbocycles. The van der Waals surface area contributed by atoms with Gasteiger partial charge >= 0.3 is 0 Å². The van der Waals surface area contributed by atoms with E-state index in [9.17, 15) is 0 Å². The van der Waals surface area contributed by atoms with Gasteiger partial charge in [-0.3, -0.25) is 0 Å². The highest BCUT2D eigenvalue weighted by molar-refractivity contribution is 9.10. The van der Waals surface area contributed by atoms with Crippen LogP contribution in [0.5, 0.6) is 0 Å². The summed E-state index contributed by atoms with van der Waals surface area (Å²) in [7, 11) is 0. The molecule has 0 aromatic heterocycles. The maximum Gasteiger partial charge on any atom is 0.0645 e. The van der Waals surface area contributed by atoms with E-state index >= 15 is 0 Å². The number of nitrogens with one attached hydrogen (secondary N) is 1. The van der Waals surface area contributed by atoms with Crippen LogP contribution in [-0.2, 0) is 0 Å². The Balaban J connectivity index is 0.000000311. The number of benzene rings is 4. The van der Waals surface area contributed by atoms with E-state index in [0.717, 1.165) is 5.69 Å². The highest BCUT2D eigenvalue weighted by Crippen LogP contribution is 2.14. The minimum absolute atomic E-state index is 0. The molecule has 4 aromatic carbocycles. The van der Waals surface area contributed by atoms with Crippen LogP contribution in [0, 0.1) is 0 Å². The predicted octanol–water partition coefficient (Wildman–Crippen LogP) is 7.78. The van der Waals surface area contributed by atoms with Crippen LogP contribution in [0.4, 0.5) is 17.1 Å². The molecule has 0 amide bonds. The molecule has 0 aliphatic heterocycles. The molecular formula is C25H27BrN2. The molecule has 0 aliphatic rings. The topological polar surface area (TPSA) is 38.0 Å². The van der Waals surface area contributed by atoms with Crippen molar-refractivity contribution in [3.05, 3.63) is 126 Å². The van der Waals surface area contributed by atoms with Crippen molar-refractivity contribution in [2.45, 2.75) is 7.43 Å². The van der Waals surface area contributed by atoms with Crippen LogP contribution >= 0.6 is 15.9 Å². The lowest BCUT2D eigenvalue weighted by atomic mass is 10.3. The Morgan fingerprint density at radius 1 is 0.643 bits per heavy atom. The summed E-state index contributed by atoms with van der Waals surface area (Å²) in [4.78, 5) is 0. The fourth-order valence-corrected chi connectivity index (χ4v) is 1.86. The van der Waals surface area contributed by atoms with Crippen LogP contribution in [-0.4, -0.2) is 0 Å². The van der Waals surface area contributed by atoms with Crippen molar-refractivity contribution in [3.63, 3.8) is 0 Å². The first kappa shape index (κ1) is 11.7. The molecule has 0 saturated heterocycles. The molecule has 0 atom stereocenters. The standard InChI is InChI=1S/C12H11N.C6H5Br.C6H7N.CH4/c1-3-7-11(8-4-1)13-12-9-5-2-6-10-12;2*7-6-4-2-1-3-5-6;/h1-10,13H;1-5H;1-5H,7H2;1H4/i1D,3D,4D,7D,8D;1D,2D,3D,4D,5D;;. The van der Waals surface area contributed by atoms with E-state index in [-0.39, 0.29) is 78.0 Å². The zero-order valence-electron chi connectivity index (χ0n) is 24.2. The highest BCUT2D eigenvalue weighted by Gasteiger charge is 1.89. The first-order valence-corrected chi connectivity index (χ1v) is 8.59. The van der Waals surface area contributed by atoms with Gasteiger partial charge in [0, 0.05) is 21.5 Å². The monoisotopic (exact) mass is 444 g/mol. The summed E-state index contributed by atoms with van der Waals surface area (Å²) in [5.74, 6) is 0. The van der Waals surface area contributed by atoms with Gasteiger partial charge in [0.2, 0.25) is 0 Å². The third kappa shape index (κ3) is 10.2. The molecule has 0 aliphatic carbocycles. The third-order valence-electron chi connectivity index (χ3n) is 2.81. The molecule has 3 N–H and O–H groups in total. The van der Waals surface area contributed by atoms with E-state index in [1.807, 2.05) is 36.4 Å². The molecule has 0 fully saturated rings. The van der Waals surface area contributed by atoms with Crippen molar-refractivity contribution in [2.75, 3.05) is 11.1 Å². The van der Waals surface area contributed by atoms with E-state index in [4.69, 9.17) is 19.4 Å². The van der Waals surface area contributed by atoms with Gasteiger partial charge in [0.25, 0.3) is 0 Å². The Morgan fingerprint density at radius 3 is 1.57 bits per heavy atom. The van der Waals surface area contributed by atoms with Crippen molar-refractivity contribution in [1.82, 2.24) is 0 Å². The van der Waals surface area contributed by atoms with Crippen LogP contribution in [0.3, 0.4) is 0 Å². The Kier molecular flexibility index (Phi) is 5.89. The van der Waals surface area contributed by atoms with Gasteiger partial charge in [0.1, 0.15) is 0 Å². The zero-order valence-corrected chi connectivity index (χ0v) is 15.8. The summed E-state index contributed by atoms with van der Waals surface area (Å²) in [6.45, 7) is 0. The molecule has 0 spiro atoms. The fourth-order valence-electron chi connectivity index (χ4n) is 1.67. The van der Waals surface area contributed by atoms with Gasteiger partial charge in [0.05, 0.1) is 13.7 Å². The number of halogens is 1. The average Bonchev–Trinajstić information content (AvgIpc) is 2.91. The highest BCUT2D eigenvalue weighted by atomic mass is 79.9. The van der Waals surface area contributed by atoms with Crippen molar-refractivity contribution in [2.24, 2.45) is 0 Å². The number of hydrogen-bond acceptors (Lipinski definition) is 2. The summed E-state index contributed by atoms with van der Waals surface area (Å²) >= 11 is 2.92. The molecule has 2 nitrogen and oxygen atoms in total. The Bertz CT molecular complexity index is 1240. The van der Waals surface area contributed by atoms with Crippen LogP contribution < -0.4 is 11.1 Å². The van der Waals surface area contributed by atoms with Gasteiger partial charge in [-0.2, -0.15) is 0 Å². The molecule has 4 aromatic rings. The molecule has 0 radical (unpaired) electrons. The largest absolute Gasteiger partial charge is 0.399 e. The second-order valence-electron chi connectivity index (χ2n) is 4.84. The summed E-state index contributed by atoms with van der Waals surface area (Å²) in [6.07, 6.45) is 0. The maximum absolute atomic E-state index is 7.75. The van der Waals surface area contributed by atoms with Crippen LogP contribution in [0.15, 0.2) is 126 Å². The van der Waals surface area contributed by atoms with Crippen LogP contribution in [0.25, 0.3) is 0 Å². The van der Waals surface area contributed by atoms with Crippen LogP contribution in [0.2, 0.25) is 0 Å². The summed E-state index contributed by atoms with van der Waals surface area (Å²) in [5.41, 5.74) is 6.95. The molecule has 0 unspecified atom stereocenters. The van der Waals surface area contributed by atoms with Crippen molar-refractivity contribution < 1.29 is 13.7 Å². The van der Waals surface area contributed by atoms with Gasteiger partial charge in [-0.1, -0.05) is 96.0 Å². The summed E-state index contributed by atoms with van der Waals surface area (Å²) < 4.78 is 74.3. The fraction of sp³-hybridized carbons (Fsp3) is 0.0400. The first-order chi connectivity index (χ1) is 17.4.